The average molecular weight is 455 g/mol. The predicted molar refractivity (Wildman–Crippen MR) is 123 cm³/mol. The summed E-state index contributed by atoms with van der Waals surface area (Å²) in [6, 6.07) is 14.4. The Morgan fingerprint density at radius 2 is 1.90 bits per heavy atom. The Morgan fingerprint density at radius 3 is 2.55 bits per heavy atom. The standard InChI is InChI=1S/C24H23ClN2O3S/c25-19-4-2-1-3-16(19)13-21-22(28)27(20-12-14-5-6-17(20)11-14)24(31-21)26-18-9-7-15(8-10-18)23(29)30/h1-4,7-10,14,17,20-21H,5-6,11-13H2,(H,29,30)/t14-,17-,20-,21+/m1/s1. The van der Waals surface area contributed by atoms with Crippen LogP contribution in [0.1, 0.15) is 41.6 Å². The minimum atomic E-state index is -0.965. The minimum absolute atomic E-state index is 0.114. The zero-order chi connectivity index (χ0) is 21.5. The van der Waals surface area contributed by atoms with Crippen LogP contribution in [0, 0.1) is 11.8 Å². The van der Waals surface area contributed by atoms with Gasteiger partial charge in [-0.2, -0.15) is 0 Å². The van der Waals surface area contributed by atoms with Gasteiger partial charge in [0.2, 0.25) is 5.91 Å². The fourth-order valence-electron chi connectivity index (χ4n) is 5.18. The van der Waals surface area contributed by atoms with Crippen molar-refractivity contribution >= 4 is 46.1 Å². The van der Waals surface area contributed by atoms with E-state index in [1.165, 1.54) is 31.0 Å². The largest absolute Gasteiger partial charge is 0.478 e. The zero-order valence-corrected chi connectivity index (χ0v) is 18.5. The zero-order valence-electron chi connectivity index (χ0n) is 16.9. The minimum Gasteiger partial charge on any atom is -0.478 e. The summed E-state index contributed by atoms with van der Waals surface area (Å²) in [5.41, 5.74) is 1.85. The average Bonchev–Trinajstić information content (AvgIpc) is 3.45. The topological polar surface area (TPSA) is 70.0 Å². The van der Waals surface area contributed by atoms with E-state index in [1.54, 1.807) is 24.3 Å². The number of amides is 1. The molecule has 5 nitrogen and oxygen atoms in total. The summed E-state index contributed by atoms with van der Waals surface area (Å²) in [6.07, 6.45) is 5.27. The number of amidine groups is 1. The van der Waals surface area contributed by atoms with Gasteiger partial charge in [0.05, 0.1) is 16.5 Å². The van der Waals surface area contributed by atoms with Crippen molar-refractivity contribution in [3.05, 3.63) is 64.7 Å². The molecule has 1 N–H and O–H groups in total. The summed E-state index contributed by atoms with van der Waals surface area (Å²) in [5, 5.41) is 10.3. The van der Waals surface area contributed by atoms with Crippen LogP contribution in [-0.2, 0) is 11.2 Å². The molecular formula is C24H23ClN2O3S. The molecule has 0 unspecified atom stereocenters. The Morgan fingerprint density at radius 1 is 1.13 bits per heavy atom. The molecule has 4 atom stereocenters. The quantitative estimate of drug-likeness (QED) is 0.656. The van der Waals surface area contributed by atoms with Gasteiger partial charge >= 0.3 is 5.97 Å². The van der Waals surface area contributed by atoms with E-state index in [0.29, 0.717) is 29.0 Å². The number of carbonyl (C=O) groups is 2. The fourth-order valence-corrected chi connectivity index (χ4v) is 6.62. The molecule has 1 saturated heterocycles. The second-order valence-electron chi connectivity index (χ2n) is 8.60. The summed E-state index contributed by atoms with van der Waals surface area (Å²) in [4.78, 5) is 31.4. The van der Waals surface area contributed by atoms with Crippen molar-refractivity contribution in [3.63, 3.8) is 0 Å². The van der Waals surface area contributed by atoms with E-state index in [-0.39, 0.29) is 22.8 Å². The second kappa shape index (κ2) is 8.32. The van der Waals surface area contributed by atoms with E-state index >= 15 is 0 Å². The Bertz CT molecular complexity index is 1060. The summed E-state index contributed by atoms with van der Waals surface area (Å²) < 4.78 is 0. The van der Waals surface area contributed by atoms with Gasteiger partial charge in [0.15, 0.2) is 5.17 Å². The number of hydrogen-bond acceptors (Lipinski definition) is 4. The highest BCUT2D eigenvalue weighted by molar-refractivity contribution is 8.15. The molecule has 2 aromatic rings. The van der Waals surface area contributed by atoms with Crippen LogP contribution in [0.15, 0.2) is 53.5 Å². The van der Waals surface area contributed by atoms with E-state index in [9.17, 15) is 9.59 Å². The molecule has 2 saturated carbocycles. The molecule has 1 aliphatic heterocycles. The van der Waals surface area contributed by atoms with Crippen molar-refractivity contribution in [2.24, 2.45) is 16.8 Å². The number of hydrogen-bond donors (Lipinski definition) is 1. The molecule has 0 spiro atoms. The van der Waals surface area contributed by atoms with Gasteiger partial charge in [0.1, 0.15) is 0 Å². The van der Waals surface area contributed by atoms with Crippen LogP contribution < -0.4 is 0 Å². The van der Waals surface area contributed by atoms with E-state index in [0.717, 1.165) is 17.2 Å². The van der Waals surface area contributed by atoms with Crippen molar-refractivity contribution < 1.29 is 14.7 Å². The highest BCUT2D eigenvalue weighted by atomic mass is 35.5. The maximum Gasteiger partial charge on any atom is 0.335 e. The van der Waals surface area contributed by atoms with Gasteiger partial charge < -0.3 is 5.11 Å². The molecule has 5 rings (SSSR count). The number of fused-ring (bicyclic) bond motifs is 2. The van der Waals surface area contributed by atoms with Gasteiger partial charge in [0, 0.05) is 11.1 Å². The molecule has 160 valence electrons. The number of aromatic carboxylic acids is 1. The summed E-state index contributed by atoms with van der Waals surface area (Å²) in [7, 11) is 0. The highest BCUT2D eigenvalue weighted by Gasteiger charge is 2.49. The maximum absolute atomic E-state index is 13.5. The number of thioether (sulfide) groups is 1. The van der Waals surface area contributed by atoms with Gasteiger partial charge in [-0.05, 0) is 73.4 Å². The fraction of sp³-hybridized carbons (Fsp3) is 0.375. The van der Waals surface area contributed by atoms with Crippen molar-refractivity contribution in [3.8, 4) is 0 Å². The Kier molecular flexibility index (Phi) is 5.52. The molecule has 3 aliphatic rings. The molecule has 2 bridgehead atoms. The Hall–Kier alpha value is -2.31. The lowest BCUT2D eigenvalue weighted by Gasteiger charge is -2.31. The van der Waals surface area contributed by atoms with Crippen LogP contribution in [0.4, 0.5) is 5.69 Å². The third-order valence-electron chi connectivity index (χ3n) is 6.70. The lowest BCUT2D eigenvalue weighted by atomic mass is 9.94. The van der Waals surface area contributed by atoms with Crippen LogP contribution >= 0.6 is 23.4 Å². The van der Waals surface area contributed by atoms with Crippen molar-refractivity contribution in [1.29, 1.82) is 0 Å². The van der Waals surface area contributed by atoms with Gasteiger partial charge in [-0.15, -0.1) is 0 Å². The first-order valence-corrected chi connectivity index (χ1v) is 11.9. The molecule has 7 heteroatoms. The van der Waals surface area contributed by atoms with Gasteiger partial charge in [0.25, 0.3) is 0 Å². The molecule has 2 aliphatic carbocycles. The smallest absolute Gasteiger partial charge is 0.335 e. The lowest BCUT2D eigenvalue weighted by molar-refractivity contribution is -0.128. The Labute approximate surface area is 190 Å². The lowest BCUT2D eigenvalue weighted by Crippen LogP contribution is -2.44. The van der Waals surface area contributed by atoms with E-state index in [4.69, 9.17) is 21.7 Å². The number of halogens is 1. The van der Waals surface area contributed by atoms with Crippen LogP contribution in [0.3, 0.4) is 0 Å². The SMILES string of the molecule is O=C(O)c1ccc(N=C2S[C@@H](Cc3ccccc3Cl)C(=O)N2[C@@H]2C[C@@H]3CC[C@@H]2C3)cc1. The number of rotatable bonds is 5. The van der Waals surface area contributed by atoms with Gasteiger partial charge in [-0.1, -0.05) is 48.0 Å². The summed E-state index contributed by atoms with van der Waals surface area (Å²) in [6.45, 7) is 0. The molecule has 1 heterocycles. The molecule has 31 heavy (non-hydrogen) atoms. The highest BCUT2D eigenvalue weighted by Crippen LogP contribution is 2.49. The van der Waals surface area contributed by atoms with Gasteiger partial charge in [-0.3, -0.25) is 9.69 Å². The first kappa shape index (κ1) is 20.6. The normalized spacial score (nSPS) is 28.6. The molecule has 2 aromatic carbocycles. The van der Waals surface area contributed by atoms with E-state index in [2.05, 4.69) is 0 Å². The van der Waals surface area contributed by atoms with Crippen molar-refractivity contribution in [2.45, 2.75) is 43.4 Å². The van der Waals surface area contributed by atoms with Crippen molar-refractivity contribution in [1.82, 2.24) is 4.90 Å². The van der Waals surface area contributed by atoms with Crippen LogP contribution in [0.25, 0.3) is 0 Å². The van der Waals surface area contributed by atoms with Crippen molar-refractivity contribution in [2.75, 3.05) is 0 Å². The molecule has 3 fully saturated rings. The monoisotopic (exact) mass is 454 g/mol. The number of aliphatic imine (C=N–C) groups is 1. The predicted octanol–water partition coefficient (Wildman–Crippen LogP) is 5.40. The summed E-state index contributed by atoms with van der Waals surface area (Å²) >= 11 is 7.86. The number of carboxylic acids is 1. The van der Waals surface area contributed by atoms with Crippen LogP contribution in [0.5, 0.6) is 0 Å². The Balaban J connectivity index is 1.45. The van der Waals surface area contributed by atoms with E-state index < -0.39 is 5.97 Å². The number of carbonyl (C=O) groups excluding carboxylic acids is 1. The summed E-state index contributed by atoms with van der Waals surface area (Å²) in [5.74, 6) is 0.413. The molecular weight excluding hydrogens is 432 g/mol. The maximum atomic E-state index is 13.5. The first-order valence-electron chi connectivity index (χ1n) is 10.6. The number of benzene rings is 2. The first-order chi connectivity index (χ1) is 15.0. The van der Waals surface area contributed by atoms with Crippen LogP contribution in [0.2, 0.25) is 5.02 Å². The molecule has 0 aromatic heterocycles. The number of carboxylic acid groups (broad SMARTS) is 1. The third-order valence-corrected chi connectivity index (χ3v) is 8.22. The van der Waals surface area contributed by atoms with E-state index in [1.807, 2.05) is 29.2 Å². The number of nitrogens with zero attached hydrogens (tertiary/aromatic N) is 2. The third kappa shape index (κ3) is 3.99. The second-order valence-corrected chi connectivity index (χ2v) is 10.2. The molecule has 0 radical (unpaired) electrons. The van der Waals surface area contributed by atoms with Gasteiger partial charge in [-0.25, -0.2) is 9.79 Å². The molecule has 1 amide bonds. The van der Waals surface area contributed by atoms with Crippen LogP contribution in [-0.4, -0.2) is 38.3 Å².